The zero-order valence-corrected chi connectivity index (χ0v) is 14.9. The van der Waals surface area contributed by atoms with Crippen LogP contribution in [-0.4, -0.2) is 57.0 Å². The quantitative estimate of drug-likeness (QED) is 0.697. The first-order chi connectivity index (χ1) is 13.4. The minimum absolute atomic E-state index is 0.0578. The molecule has 0 aliphatic carbocycles. The molecule has 4 rings (SSSR count). The van der Waals surface area contributed by atoms with Gasteiger partial charge in [0.15, 0.2) is 5.65 Å². The van der Waals surface area contributed by atoms with Crippen molar-refractivity contribution in [1.29, 1.82) is 0 Å². The van der Waals surface area contributed by atoms with Crippen LogP contribution in [0.3, 0.4) is 0 Å². The normalized spacial score (nSPS) is 18.0. The van der Waals surface area contributed by atoms with Crippen molar-refractivity contribution >= 4 is 17.0 Å². The number of hydrogen-bond acceptors (Lipinski definition) is 5. The van der Waals surface area contributed by atoms with Crippen LogP contribution in [0.25, 0.3) is 16.7 Å². The van der Waals surface area contributed by atoms with Gasteiger partial charge in [-0.05, 0) is 31.0 Å². The van der Waals surface area contributed by atoms with Gasteiger partial charge in [0.1, 0.15) is 5.39 Å². The highest BCUT2D eigenvalue weighted by atomic mass is 19.4. The van der Waals surface area contributed by atoms with Gasteiger partial charge < -0.3 is 5.32 Å². The number of fused-ring (bicyclic) bond motifs is 1. The molecule has 0 amide bonds. The van der Waals surface area contributed by atoms with E-state index in [2.05, 4.69) is 20.4 Å². The zero-order chi connectivity index (χ0) is 19.7. The maximum absolute atomic E-state index is 12.5. The van der Waals surface area contributed by atoms with Crippen molar-refractivity contribution in [3.8, 4) is 5.69 Å². The van der Waals surface area contributed by atoms with Gasteiger partial charge in [0.2, 0.25) is 5.95 Å². The molecular weight excluding hydrogens is 373 g/mol. The SMILES string of the molecule is O=c1[nH]c(NCC2CCN(CC(F)(F)F)C2)nc2c1cnn2-c1ccccc1. The Bertz CT molecular complexity index is 1010. The Morgan fingerprint density at radius 3 is 2.79 bits per heavy atom. The van der Waals surface area contributed by atoms with E-state index < -0.39 is 12.7 Å². The molecule has 3 aromatic rings. The van der Waals surface area contributed by atoms with Crippen molar-refractivity contribution in [2.75, 3.05) is 31.5 Å². The molecule has 148 valence electrons. The van der Waals surface area contributed by atoms with Crippen molar-refractivity contribution < 1.29 is 13.2 Å². The highest BCUT2D eigenvalue weighted by Gasteiger charge is 2.34. The standard InChI is InChI=1S/C18H19F3N6O/c19-18(20,21)11-26-7-6-12(10-26)8-22-17-24-15-14(16(28)25-17)9-23-27(15)13-4-2-1-3-5-13/h1-5,9,12H,6-8,10-11H2,(H2,22,24,25,28). The number of aromatic amines is 1. The van der Waals surface area contributed by atoms with Crippen LogP contribution in [0, 0.1) is 5.92 Å². The number of aromatic nitrogens is 4. The average molecular weight is 392 g/mol. The zero-order valence-electron chi connectivity index (χ0n) is 14.9. The number of alkyl halides is 3. The molecule has 1 aromatic carbocycles. The van der Waals surface area contributed by atoms with Crippen LogP contribution in [-0.2, 0) is 0 Å². The first-order valence-corrected chi connectivity index (χ1v) is 8.95. The topological polar surface area (TPSA) is 78.8 Å². The van der Waals surface area contributed by atoms with Crippen molar-refractivity contribution in [2.24, 2.45) is 5.92 Å². The molecular formula is C18H19F3N6O. The van der Waals surface area contributed by atoms with Gasteiger partial charge in [0.25, 0.3) is 5.56 Å². The number of likely N-dealkylation sites (tertiary alicyclic amines) is 1. The Morgan fingerprint density at radius 1 is 1.25 bits per heavy atom. The second kappa shape index (κ2) is 7.27. The lowest BCUT2D eigenvalue weighted by Crippen LogP contribution is -2.33. The third-order valence-electron chi connectivity index (χ3n) is 4.77. The summed E-state index contributed by atoms with van der Waals surface area (Å²) in [7, 11) is 0. The van der Waals surface area contributed by atoms with E-state index in [1.54, 1.807) is 4.68 Å². The van der Waals surface area contributed by atoms with E-state index in [-0.39, 0.29) is 17.4 Å². The lowest BCUT2D eigenvalue weighted by atomic mass is 10.1. The van der Waals surface area contributed by atoms with Gasteiger partial charge in [-0.25, -0.2) is 4.68 Å². The van der Waals surface area contributed by atoms with Crippen LogP contribution in [0.1, 0.15) is 6.42 Å². The van der Waals surface area contributed by atoms with Crippen LogP contribution >= 0.6 is 0 Å². The largest absolute Gasteiger partial charge is 0.401 e. The fourth-order valence-electron chi connectivity index (χ4n) is 3.48. The summed E-state index contributed by atoms with van der Waals surface area (Å²) < 4.78 is 39.1. The summed E-state index contributed by atoms with van der Waals surface area (Å²) in [5, 5.41) is 7.67. The maximum atomic E-state index is 12.5. The molecule has 7 nitrogen and oxygen atoms in total. The number of nitrogens with one attached hydrogen (secondary N) is 2. The maximum Gasteiger partial charge on any atom is 0.401 e. The Morgan fingerprint density at radius 2 is 2.04 bits per heavy atom. The molecule has 0 spiro atoms. The first-order valence-electron chi connectivity index (χ1n) is 8.95. The minimum Gasteiger partial charge on any atom is -0.355 e. The van der Waals surface area contributed by atoms with E-state index in [1.165, 1.54) is 11.1 Å². The van der Waals surface area contributed by atoms with Gasteiger partial charge in [-0.1, -0.05) is 18.2 Å². The number of halogens is 3. The van der Waals surface area contributed by atoms with E-state index in [0.29, 0.717) is 37.1 Å². The van der Waals surface area contributed by atoms with Crippen molar-refractivity contribution in [1.82, 2.24) is 24.6 Å². The number of benzene rings is 1. The van der Waals surface area contributed by atoms with Crippen LogP contribution in [0.4, 0.5) is 19.1 Å². The smallest absolute Gasteiger partial charge is 0.355 e. The average Bonchev–Trinajstić information content (AvgIpc) is 3.26. The predicted molar refractivity (Wildman–Crippen MR) is 98.6 cm³/mol. The molecule has 0 bridgehead atoms. The highest BCUT2D eigenvalue weighted by molar-refractivity contribution is 5.76. The van der Waals surface area contributed by atoms with Crippen molar-refractivity contribution in [3.05, 3.63) is 46.9 Å². The first kappa shape index (κ1) is 18.5. The van der Waals surface area contributed by atoms with Gasteiger partial charge in [0, 0.05) is 13.1 Å². The number of anilines is 1. The number of rotatable bonds is 5. The Labute approximate surface area is 158 Å². The molecule has 3 heterocycles. The van der Waals surface area contributed by atoms with E-state index in [0.717, 1.165) is 5.69 Å². The van der Waals surface area contributed by atoms with Crippen molar-refractivity contribution in [2.45, 2.75) is 12.6 Å². The molecule has 1 aliphatic heterocycles. The molecule has 1 fully saturated rings. The van der Waals surface area contributed by atoms with Crippen LogP contribution < -0.4 is 10.9 Å². The molecule has 0 radical (unpaired) electrons. The Balaban J connectivity index is 1.49. The summed E-state index contributed by atoms with van der Waals surface area (Å²) in [4.78, 5) is 20.8. The molecule has 2 N–H and O–H groups in total. The van der Waals surface area contributed by atoms with Crippen LogP contribution in [0.15, 0.2) is 41.3 Å². The van der Waals surface area contributed by atoms with Crippen LogP contribution in [0.5, 0.6) is 0 Å². The summed E-state index contributed by atoms with van der Waals surface area (Å²) in [5.41, 5.74) is 0.877. The molecule has 0 saturated carbocycles. The van der Waals surface area contributed by atoms with Gasteiger partial charge >= 0.3 is 6.18 Å². The fourth-order valence-corrected chi connectivity index (χ4v) is 3.48. The number of hydrogen-bond donors (Lipinski definition) is 2. The third-order valence-corrected chi connectivity index (χ3v) is 4.77. The summed E-state index contributed by atoms with van der Waals surface area (Å²) in [5.74, 6) is 0.340. The molecule has 10 heteroatoms. The predicted octanol–water partition coefficient (Wildman–Crippen LogP) is 2.40. The minimum atomic E-state index is -4.18. The summed E-state index contributed by atoms with van der Waals surface area (Å²) in [6, 6.07) is 9.32. The van der Waals surface area contributed by atoms with Crippen molar-refractivity contribution in [3.63, 3.8) is 0 Å². The van der Waals surface area contributed by atoms with E-state index in [4.69, 9.17) is 0 Å². The summed E-state index contributed by atoms with van der Waals surface area (Å²) >= 11 is 0. The van der Waals surface area contributed by atoms with E-state index >= 15 is 0 Å². The Kier molecular flexibility index (Phi) is 4.80. The number of nitrogens with zero attached hydrogens (tertiary/aromatic N) is 4. The fraction of sp³-hybridized carbons (Fsp3) is 0.389. The summed E-state index contributed by atoms with van der Waals surface area (Å²) in [6.07, 6.45) is -2.06. The van der Waals surface area contributed by atoms with Gasteiger partial charge in [-0.3, -0.25) is 14.7 Å². The number of para-hydroxylation sites is 1. The highest BCUT2D eigenvalue weighted by Crippen LogP contribution is 2.23. The molecule has 1 unspecified atom stereocenters. The van der Waals surface area contributed by atoms with Gasteiger partial charge in [-0.2, -0.15) is 23.3 Å². The molecule has 2 aromatic heterocycles. The lowest BCUT2D eigenvalue weighted by molar-refractivity contribution is -0.143. The van der Waals surface area contributed by atoms with Crippen LogP contribution in [0.2, 0.25) is 0 Å². The van der Waals surface area contributed by atoms with Gasteiger partial charge in [0.05, 0.1) is 18.4 Å². The molecule has 1 aliphatic rings. The van der Waals surface area contributed by atoms with Gasteiger partial charge in [-0.15, -0.1) is 0 Å². The molecule has 1 saturated heterocycles. The molecule has 1 atom stereocenters. The Hall–Kier alpha value is -2.88. The summed E-state index contributed by atoms with van der Waals surface area (Å²) in [6.45, 7) is 0.319. The molecule has 28 heavy (non-hydrogen) atoms. The number of H-pyrrole nitrogens is 1. The lowest BCUT2D eigenvalue weighted by Gasteiger charge is -2.18. The third kappa shape index (κ3) is 4.01. The monoisotopic (exact) mass is 392 g/mol. The van der Waals surface area contributed by atoms with E-state index in [9.17, 15) is 18.0 Å². The van der Waals surface area contributed by atoms with E-state index in [1.807, 2.05) is 30.3 Å². The second-order valence-electron chi connectivity index (χ2n) is 6.93. The second-order valence-corrected chi connectivity index (χ2v) is 6.93.